The summed E-state index contributed by atoms with van der Waals surface area (Å²) in [7, 11) is 0. The van der Waals surface area contributed by atoms with Gasteiger partial charge in [0, 0.05) is 12.3 Å². The highest BCUT2D eigenvalue weighted by molar-refractivity contribution is 7.80. The highest BCUT2D eigenvalue weighted by atomic mass is 32.1. The van der Waals surface area contributed by atoms with E-state index < -0.39 is 41.8 Å². The highest BCUT2D eigenvalue weighted by Gasteiger charge is 2.37. The van der Waals surface area contributed by atoms with Gasteiger partial charge in [-0.1, -0.05) is 0 Å². The first-order valence-electron chi connectivity index (χ1n) is 8.98. The Balaban J connectivity index is 2.69. The molecule has 0 aromatic carbocycles. The van der Waals surface area contributed by atoms with Gasteiger partial charge in [0.05, 0.1) is 12.6 Å². The average molecular weight is 404 g/mol. The van der Waals surface area contributed by atoms with Gasteiger partial charge in [0.1, 0.15) is 12.1 Å². The van der Waals surface area contributed by atoms with Gasteiger partial charge in [-0.15, -0.1) is 0 Å². The summed E-state index contributed by atoms with van der Waals surface area (Å²) in [4.78, 5) is 49.2. The molecule has 1 aliphatic heterocycles. The van der Waals surface area contributed by atoms with E-state index in [1.807, 2.05) is 0 Å². The first-order chi connectivity index (χ1) is 12.8. The molecule has 0 saturated carbocycles. The van der Waals surface area contributed by atoms with Crippen molar-refractivity contribution in [2.24, 2.45) is 11.5 Å². The number of nitrogens with two attached hydrogens (primary N) is 2. The maximum atomic E-state index is 12.8. The molecule has 3 amide bonds. The Morgan fingerprint density at radius 2 is 1.96 bits per heavy atom. The molecule has 0 radical (unpaired) electrons. The molecule has 0 aromatic heterocycles. The topological polar surface area (TPSA) is 168 Å². The third-order valence-electron chi connectivity index (χ3n) is 4.36. The van der Waals surface area contributed by atoms with E-state index in [1.54, 1.807) is 0 Å². The maximum Gasteiger partial charge on any atom is 0.326 e. The number of thiol groups is 1. The van der Waals surface area contributed by atoms with E-state index in [1.165, 1.54) is 4.90 Å². The van der Waals surface area contributed by atoms with E-state index in [9.17, 15) is 24.3 Å². The fourth-order valence-electron chi connectivity index (χ4n) is 2.86. The minimum atomic E-state index is -1.05. The summed E-state index contributed by atoms with van der Waals surface area (Å²) in [6, 6.07) is -2.57. The van der Waals surface area contributed by atoms with Crippen LogP contribution in [0.25, 0.3) is 0 Å². The molecule has 3 atom stereocenters. The van der Waals surface area contributed by atoms with Crippen LogP contribution < -0.4 is 22.1 Å². The van der Waals surface area contributed by atoms with Crippen molar-refractivity contribution in [1.82, 2.24) is 15.5 Å². The Hall–Kier alpha value is -1.85. The SMILES string of the molecule is NCCCCC(NC(=O)CNC(=O)C(N)CS)C(=O)N1CCCC1C(=O)O. The van der Waals surface area contributed by atoms with Gasteiger partial charge in [-0.05, 0) is 38.6 Å². The van der Waals surface area contributed by atoms with Gasteiger partial charge in [-0.2, -0.15) is 12.6 Å². The minimum Gasteiger partial charge on any atom is -0.480 e. The van der Waals surface area contributed by atoms with Crippen LogP contribution in [-0.2, 0) is 19.2 Å². The molecule has 7 N–H and O–H groups in total. The molecule has 27 heavy (non-hydrogen) atoms. The lowest BCUT2D eigenvalue weighted by Crippen LogP contribution is -2.53. The number of unbranched alkanes of at least 4 members (excludes halogenated alkanes) is 1. The molecular formula is C16H29N5O5S. The second kappa shape index (κ2) is 11.8. The Labute approximate surface area is 163 Å². The number of nitrogens with zero attached hydrogens (tertiary/aromatic N) is 1. The van der Waals surface area contributed by atoms with Crippen molar-refractivity contribution in [3.8, 4) is 0 Å². The largest absolute Gasteiger partial charge is 0.480 e. The van der Waals surface area contributed by atoms with E-state index in [2.05, 4.69) is 23.3 Å². The zero-order valence-electron chi connectivity index (χ0n) is 15.2. The van der Waals surface area contributed by atoms with Crippen molar-refractivity contribution >= 4 is 36.3 Å². The Kier molecular flexibility index (Phi) is 10.1. The Morgan fingerprint density at radius 3 is 2.56 bits per heavy atom. The molecule has 154 valence electrons. The monoisotopic (exact) mass is 403 g/mol. The number of amides is 3. The predicted octanol–water partition coefficient (Wildman–Crippen LogP) is -1.95. The second-order valence-electron chi connectivity index (χ2n) is 6.44. The van der Waals surface area contributed by atoms with Gasteiger partial charge in [0.2, 0.25) is 17.7 Å². The van der Waals surface area contributed by atoms with Gasteiger partial charge < -0.3 is 32.1 Å². The Morgan fingerprint density at radius 1 is 1.26 bits per heavy atom. The molecule has 1 heterocycles. The number of hydrogen-bond donors (Lipinski definition) is 6. The lowest BCUT2D eigenvalue weighted by molar-refractivity contribution is -0.149. The van der Waals surface area contributed by atoms with E-state index in [-0.39, 0.29) is 12.3 Å². The van der Waals surface area contributed by atoms with Gasteiger partial charge in [-0.25, -0.2) is 4.79 Å². The summed E-state index contributed by atoms with van der Waals surface area (Å²) in [6.45, 7) is 0.462. The van der Waals surface area contributed by atoms with E-state index in [4.69, 9.17) is 11.5 Å². The number of carbonyl (C=O) groups is 4. The number of carboxylic acids is 1. The number of carboxylic acid groups (broad SMARTS) is 1. The van der Waals surface area contributed by atoms with E-state index in [0.717, 1.165) is 0 Å². The smallest absolute Gasteiger partial charge is 0.326 e. The zero-order chi connectivity index (χ0) is 20.4. The number of carbonyl (C=O) groups excluding carboxylic acids is 3. The number of likely N-dealkylation sites (tertiary alicyclic amines) is 1. The summed E-state index contributed by atoms with van der Waals surface area (Å²) in [6.07, 6.45) is 2.62. The molecule has 10 nitrogen and oxygen atoms in total. The molecule has 0 aromatic rings. The minimum absolute atomic E-state index is 0.138. The van der Waals surface area contributed by atoms with Crippen molar-refractivity contribution in [3.05, 3.63) is 0 Å². The standard InChI is InChI=1S/C16H29N5O5S/c17-6-2-1-4-11(15(24)21-7-3-5-12(21)16(25)26)20-13(22)8-19-14(23)10(18)9-27/h10-12,27H,1-9,17-18H2,(H,19,23)(H,20,22)(H,25,26). The molecule has 1 rings (SSSR count). The van der Waals surface area contributed by atoms with Crippen molar-refractivity contribution in [1.29, 1.82) is 0 Å². The second-order valence-corrected chi connectivity index (χ2v) is 6.80. The summed E-state index contributed by atoms with van der Waals surface area (Å²) >= 11 is 3.91. The summed E-state index contributed by atoms with van der Waals surface area (Å²) in [5.41, 5.74) is 11.0. The van der Waals surface area contributed by atoms with Gasteiger partial charge >= 0.3 is 5.97 Å². The van der Waals surface area contributed by atoms with Crippen LogP contribution in [0.2, 0.25) is 0 Å². The number of rotatable bonds is 11. The first-order valence-corrected chi connectivity index (χ1v) is 9.61. The van der Waals surface area contributed by atoms with Crippen molar-refractivity contribution < 1.29 is 24.3 Å². The predicted molar refractivity (Wildman–Crippen MR) is 102 cm³/mol. The maximum absolute atomic E-state index is 12.8. The third kappa shape index (κ3) is 7.35. The Bertz CT molecular complexity index is 547. The lowest BCUT2D eigenvalue weighted by atomic mass is 10.1. The van der Waals surface area contributed by atoms with Crippen LogP contribution in [0.1, 0.15) is 32.1 Å². The summed E-state index contributed by atoms with van der Waals surface area (Å²) in [5, 5.41) is 14.2. The van der Waals surface area contributed by atoms with Crippen molar-refractivity contribution in [3.63, 3.8) is 0 Å². The van der Waals surface area contributed by atoms with Gasteiger partial charge in [-0.3, -0.25) is 14.4 Å². The molecule has 0 aliphatic carbocycles. The summed E-state index contributed by atoms with van der Waals surface area (Å²) in [5.74, 6) is -2.41. The molecule has 1 aliphatic rings. The number of nitrogens with one attached hydrogen (secondary N) is 2. The van der Waals surface area contributed by atoms with Crippen LogP contribution >= 0.6 is 12.6 Å². The highest BCUT2D eigenvalue weighted by Crippen LogP contribution is 2.19. The van der Waals surface area contributed by atoms with E-state index in [0.29, 0.717) is 45.2 Å². The summed E-state index contributed by atoms with van der Waals surface area (Å²) < 4.78 is 0. The van der Waals surface area contributed by atoms with Crippen LogP contribution in [0.5, 0.6) is 0 Å². The normalized spacial score (nSPS) is 18.6. The van der Waals surface area contributed by atoms with Crippen LogP contribution in [0.15, 0.2) is 0 Å². The zero-order valence-corrected chi connectivity index (χ0v) is 16.1. The third-order valence-corrected chi connectivity index (χ3v) is 4.75. The fraction of sp³-hybridized carbons (Fsp3) is 0.750. The average Bonchev–Trinajstić information content (AvgIpc) is 3.14. The van der Waals surface area contributed by atoms with Gasteiger partial charge in [0.15, 0.2) is 0 Å². The van der Waals surface area contributed by atoms with Crippen LogP contribution in [0.3, 0.4) is 0 Å². The molecule has 0 spiro atoms. The van der Waals surface area contributed by atoms with Crippen molar-refractivity contribution in [2.75, 3.05) is 25.4 Å². The molecule has 1 fully saturated rings. The quantitative estimate of drug-likeness (QED) is 0.172. The molecule has 1 saturated heterocycles. The van der Waals surface area contributed by atoms with Crippen LogP contribution in [0, 0.1) is 0 Å². The first kappa shape index (κ1) is 23.2. The number of hydrogen-bond acceptors (Lipinski definition) is 7. The number of aliphatic carboxylic acids is 1. The molecule has 0 bridgehead atoms. The van der Waals surface area contributed by atoms with Crippen molar-refractivity contribution in [2.45, 2.75) is 50.2 Å². The molecular weight excluding hydrogens is 374 g/mol. The van der Waals surface area contributed by atoms with Crippen LogP contribution in [-0.4, -0.2) is 77.2 Å². The van der Waals surface area contributed by atoms with E-state index >= 15 is 0 Å². The fourth-order valence-corrected chi connectivity index (χ4v) is 3.03. The lowest BCUT2D eigenvalue weighted by Gasteiger charge is -2.27. The molecule has 3 unspecified atom stereocenters. The molecule has 11 heteroatoms. The van der Waals surface area contributed by atoms with Crippen LogP contribution in [0.4, 0.5) is 0 Å². The van der Waals surface area contributed by atoms with Gasteiger partial charge in [0.25, 0.3) is 0 Å².